The lowest BCUT2D eigenvalue weighted by atomic mass is 9.93. The lowest BCUT2D eigenvalue weighted by Gasteiger charge is -2.12. The molecular formula is C13H21N3O2. The number of carbonyl (C=O) groups excluding carboxylic acids is 1. The van der Waals surface area contributed by atoms with Gasteiger partial charge >= 0.3 is 6.03 Å². The summed E-state index contributed by atoms with van der Waals surface area (Å²) in [6.45, 7) is 10.4. The van der Waals surface area contributed by atoms with E-state index < -0.39 is 0 Å². The molecule has 0 spiro atoms. The van der Waals surface area contributed by atoms with Gasteiger partial charge in [0.15, 0.2) is 5.82 Å². The molecule has 18 heavy (non-hydrogen) atoms. The van der Waals surface area contributed by atoms with Gasteiger partial charge in [-0.15, -0.1) is 0 Å². The minimum Gasteiger partial charge on any atom is -0.359 e. The highest BCUT2D eigenvalue weighted by molar-refractivity contribution is 5.88. The zero-order valence-electron chi connectivity index (χ0n) is 11.6. The van der Waals surface area contributed by atoms with Crippen molar-refractivity contribution in [2.75, 3.05) is 5.32 Å². The van der Waals surface area contributed by atoms with Crippen LogP contribution >= 0.6 is 0 Å². The molecular weight excluding hydrogens is 230 g/mol. The van der Waals surface area contributed by atoms with E-state index in [9.17, 15) is 4.79 Å². The lowest BCUT2D eigenvalue weighted by molar-refractivity contribution is 0.250. The van der Waals surface area contributed by atoms with Crippen LogP contribution in [0.15, 0.2) is 10.6 Å². The summed E-state index contributed by atoms with van der Waals surface area (Å²) in [4.78, 5) is 11.7. The average Bonchev–Trinajstić information content (AvgIpc) is 2.70. The molecule has 0 radical (unpaired) electrons. The van der Waals surface area contributed by atoms with Crippen LogP contribution in [0.4, 0.5) is 10.6 Å². The normalized spacial score (nSPS) is 26.8. The summed E-state index contributed by atoms with van der Waals surface area (Å²) in [6.07, 6.45) is 0. The van der Waals surface area contributed by atoms with Gasteiger partial charge in [0.05, 0.1) is 0 Å². The minimum absolute atomic E-state index is 0.108. The second kappa shape index (κ2) is 4.30. The molecule has 5 nitrogen and oxygen atoms in total. The molecule has 1 fully saturated rings. The number of nitrogens with zero attached hydrogens (tertiary/aromatic N) is 1. The van der Waals surface area contributed by atoms with Crippen molar-refractivity contribution < 1.29 is 9.32 Å². The zero-order chi connectivity index (χ0) is 13.5. The third-order valence-electron chi connectivity index (χ3n) is 3.61. The van der Waals surface area contributed by atoms with Crippen LogP contribution in [0.1, 0.15) is 40.4 Å². The van der Waals surface area contributed by atoms with Gasteiger partial charge in [-0.3, -0.25) is 5.32 Å². The standard InChI is InChI=1S/C13H21N3O2/c1-7-8(2)11(7)15-12(17)14-10-6-9(18-16-10)13(3,4)5/h6-8,11H,1-5H3,(H2,14,15,16,17)/t7-,8+,11?. The van der Waals surface area contributed by atoms with E-state index in [0.717, 1.165) is 5.76 Å². The highest BCUT2D eigenvalue weighted by Gasteiger charge is 2.43. The number of hydrogen-bond acceptors (Lipinski definition) is 3. The van der Waals surface area contributed by atoms with Crippen molar-refractivity contribution in [3.63, 3.8) is 0 Å². The smallest absolute Gasteiger partial charge is 0.320 e. The maximum absolute atomic E-state index is 11.7. The van der Waals surface area contributed by atoms with Crippen LogP contribution in [-0.2, 0) is 5.41 Å². The van der Waals surface area contributed by atoms with E-state index in [1.165, 1.54) is 0 Å². The van der Waals surface area contributed by atoms with Crippen molar-refractivity contribution >= 4 is 11.8 Å². The van der Waals surface area contributed by atoms with E-state index in [0.29, 0.717) is 17.7 Å². The first-order chi connectivity index (χ1) is 8.29. The number of rotatable bonds is 2. The molecule has 1 aliphatic carbocycles. The van der Waals surface area contributed by atoms with Crippen molar-refractivity contribution in [2.24, 2.45) is 11.8 Å². The monoisotopic (exact) mass is 251 g/mol. The molecule has 1 unspecified atom stereocenters. The molecule has 0 saturated heterocycles. The predicted molar refractivity (Wildman–Crippen MR) is 69.5 cm³/mol. The second-order valence-corrected chi connectivity index (χ2v) is 6.17. The molecule has 1 aromatic rings. The summed E-state index contributed by atoms with van der Waals surface area (Å²) in [5.74, 6) is 2.32. The third-order valence-corrected chi connectivity index (χ3v) is 3.61. The molecule has 0 aromatic carbocycles. The van der Waals surface area contributed by atoms with Crippen molar-refractivity contribution in [3.05, 3.63) is 11.8 Å². The van der Waals surface area contributed by atoms with E-state index in [2.05, 4.69) is 29.6 Å². The molecule has 1 aromatic heterocycles. The van der Waals surface area contributed by atoms with Gasteiger partial charge in [-0.05, 0) is 11.8 Å². The first-order valence-electron chi connectivity index (χ1n) is 6.34. The van der Waals surface area contributed by atoms with Crippen LogP contribution in [0.25, 0.3) is 0 Å². The first-order valence-corrected chi connectivity index (χ1v) is 6.34. The summed E-state index contributed by atoms with van der Waals surface area (Å²) in [6, 6.07) is 1.82. The Kier molecular flexibility index (Phi) is 3.09. The Morgan fingerprint density at radius 3 is 2.39 bits per heavy atom. The molecule has 2 amide bonds. The number of carbonyl (C=O) groups is 1. The quantitative estimate of drug-likeness (QED) is 0.849. The molecule has 3 atom stereocenters. The molecule has 0 bridgehead atoms. The number of aromatic nitrogens is 1. The second-order valence-electron chi connectivity index (χ2n) is 6.17. The van der Waals surface area contributed by atoms with Crippen LogP contribution in [0.5, 0.6) is 0 Å². The molecule has 1 aliphatic rings. The zero-order valence-corrected chi connectivity index (χ0v) is 11.6. The average molecular weight is 251 g/mol. The summed E-state index contributed by atoms with van der Waals surface area (Å²) in [5, 5.41) is 9.45. The largest absolute Gasteiger partial charge is 0.359 e. The number of urea groups is 1. The van der Waals surface area contributed by atoms with E-state index in [1.54, 1.807) is 6.07 Å². The Labute approximate surface area is 107 Å². The fourth-order valence-corrected chi connectivity index (χ4v) is 1.92. The fraction of sp³-hybridized carbons (Fsp3) is 0.692. The molecule has 1 saturated carbocycles. The number of anilines is 1. The van der Waals surface area contributed by atoms with E-state index >= 15 is 0 Å². The first kappa shape index (κ1) is 12.9. The highest BCUT2D eigenvalue weighted by Crippen LogP contribution is 2.37. The van der Waals surface area contributed by atoms with Crippen LogP contribution in [-0.4, -0.2) is 17.2 Å². The molecule has 2 N–H and O–H groups in total. The Morgan fingerprint density at radius 1 is 1.33 bits per heavy atom. The molecule has 5 heteroatoms. The maximum Gasteiger partial charge on any atom is 0.320 e. The van der Waals surface area contributed by atoms with E-state index in [-0.39, 0.29) is 17.5 Å². The SMILES string of the molecule is C[C@@H]1C(NC(=O)Nc2cc(C(C)(C)C)on2)[C@@H]1C. The van der Waals surface area contributed by atoms with Crippen LogP contribution in [0, 0.1) is 11.8 Å². The van der Waals surface area contributed by atoms with E-state index in [1.807, 2.05) is 20.8 Å². The summed E-state index contributed by atoms with van der Waals surface area (Å²) in [7, 11) is 0. The fourth-order valence-electron chi connectivity index (χ4n) is 1.92. The van der Waals surface area contributed by atoms with Gasteiger partial charge in [0.2, 0.25) is 0 Å². The highest BCUT2D eigenvalue weighted by atomic mass is 16.5. The minimum atomic E-state index is -0.218. The van der Waals surface area contributed by atoms with Gasteiger partial charge < -0.3 is 9.84 Å². The predicted octanol–water partition coefficient (Wildman–Crippen LogP) is 2.75. The van der Waals surface area contributed by atoms with Crippen molar-refractivity contribution in [1.29, 1.82) is 0 Å². The number of amides is 2. The van der Waals surface area contributed by atoms with E-state index in [4.69, 9.17) is 4.52 Å². The third kappa shape index (κ3) is 2.66. The molecule has 1 heterocycles. The Bertz CT molecular complexity index is 439. The molecule has 100 valence electrons. The Balaban J connectivity index is 1.90. The van der Waals surface area contributed by atoms with Gasteiger partial charge in [-0.2, -0.15) is 0 Å². The lowest BCUT2D eigenvalue weighted by Crippen LogP contribution is -2.32. The van der Waals surface area contributed by atoms with Gasteiger partial charge in [0.25, 0.3) is 0 Å². The van der Waals surface area contributed by atoms with Gasteiger partial charge in [0, 0.05) is 17.5 Å². The van der Waals surface area contributed by atoms with Crippen molar-refractivity contribution in [2.45, 2.75) is 46.1 Å². The molecule has 0 aliphatic heterocycles. The molecule has 2 rings (SSSR count). The van der Waals surface area contributed by atoms with Gasteiger partial charge in [0.1, 0.15) is 5.76 Å². The van der Waals surface area contributed by atoms with Crippen molar-refractivity contribution in [3.8, 4) is 0 Å². The maximum atomic E-state index is 11.7. The number of nitrogens with one attached hydrogen (secondary N) is 2. The van der Waals surface area contributed by atoms with Crippen LogP contribution < -0.4 is 10.6 Å². The van der Waals surface area contributed by atoms with Crippen LogP contribution in [0.2, 0.25) is 0 Å². The van der Waals surface area contributed by atoms with Crippen LogP contribution in [0.3, 0.4) is 0 Å². The Morgan fingerprint density at radius 2 is 1.94 bits per heavy atom. The summed E-state index contributed by atoms with van der Waals surface area (Å²) < 4.78 is 5.20. The van der Waals surface area contributed by atoms with Crippen molar-refractivity contribution in [1.82, 2.24) is 10.5 Å². The van der Waals surface area contributed by atoms with Gasteiger partial charge in [-0.1, -0.05) is 39.8 Å². The van der Waals surface area contributed by atoms with Gasteiger partial charge in [-0.25, -0.2) is 4.79 Å². The summed E-state index contributed by atoms with van der Waals surface area (Å²) in [5.41, 5.74) is -0.108. The number of hydrogen-bond donors (Lipinski definition) is 2. The topological polar surface area (TPSA) is 67.2 Å². The summed E-state index contributed by atoms with van der Waals surface area (Å²) >= 11 is 0. The Hall–Kier alpha value is -1.52.